The van der Waals surface area contributed by atoms with E-state index in [1.165, 1.54) is 27.1 Å². The van der Waals surface area contributed by atoms with E-state index in [2.05, 4.69) is 67.3 Å². The molecule has 3 rings (SSSR count). The van der Waals surface area contributed by atoms with E-state index in [4.69, 9.17) is 0 Å². The Morgan fingerprint density at radius 1 is 0.778 bits per heavy atom. The lowest BCUT2D eigenvalue weighted by molar-refractivity contribution is 1.74. The number of rotatable bonds is 2. The molecule has 0 aliphatic rings. The summed E-state index contributed by atoms with van der Waals surface area (Å²) < 4.78 is 0. The Morgan fingerprint density at radius 2 is 1.33 bits per heavy atom. The van der Waals surface area contributed by atoms with Gasteiger partial charge in [-0.1, -0.05) is 73.3 Å². The molecule has 0 saturated heterocycles. The molecule has 0 heteroatoms. The lowest BCUT2D eigenvalue weighted by atomic mass is 9.96. The average molecular weight is 230 g/mol. The lowest BCUT2D eigenvalue weighted by Gasteiger charge is -2.07. The quantitative estimate of drug-likeness (QED) is 0.419. The van der Waals surface area contributed by atoms with Crippen molar-refractivity contribution in [3.8, 4) is 0 Å². The van der Waals surface area contributed by atoms with Crippen LogP contribution in [0.1, 0.15) is 5.56 Å². The molecule has 0 spiro atoms. The minimum absolute atomic E-state index is 1.27. The fourth-order valence-corrected chi connectivity index (χ4v) is 2.39. The van der Waals surface area contributed by atoms with Crippen LogP contribution >= 0.6 is 0 Å². The van der Waals surface area contributed by atoms with Gasteiger partial charge in [0.1, 0.15) is 0 Å². The molecule has 0 saturated carbocycles. The third-order valence-electron chi connectivity index (χ3n) is 3.21. The maximum Gasteiger partial charge on any atom is -0.00994 e. The molecule has 0 fully saturated rings. The maximum absolute atomic E-state index is 3.75. The highest BCUT2D eigenvalue weighted by molar-refractivity contribution is 6.06. The normalized spacial score (nSPS) is 11.3. The second kappa shape index (κ2) is 4.50. The van der Waals surface area contributed by atoms with Crippen LogP contribution < -0.4 is 0 Å². The van der Waals surface area contributed by atoms with E-state index < -0.39 is 0 Å². The molecule has 0 aliphatic heterocycles. The van der Waals surface area contributed by atoms with Crippen molar-refractivity contribution in [3.05, 3.63) is 78.9 Å². The molecule has 0 aliphatic carbocycles. The van der Waals surface area contributed by atoms with Crippen LogP contribution in [0.25, 0.3) is 27.6 Å². The van der Waals surface area contributed by atoms with Crippen molar-refractivity contribution in [1.82, 2.24) is 0 Å². The van der Waals surface area contributed by atoms with Crippen molar-refractivity contribution in [2.24, 2.45) is 0 Å². The highest BCUT2D eigenvalue weighted by Crippen LogP contribution is 2.29. The smallest absolute Gasteiger partial charge is 0.00994 e. The predicted octanol–water partition coefficient (Wildman–Crippen LogP) is 5.19. The molecule has 18 heavy (non-hydrogen) atoms. The molecule has 0 N–H and O–H groups in total. The van der Waals surface area contributed by atoms with Crippen molar-refractivity contribution in [2.45, 2.75) is 0 Å². The highest BCUT2D eigenvalue weighted by Gasteiger charge is 2.03. The molecule has 3 aromatic carbocycles. The van der Waals surface area contributed by atoms with E-state index in [1.54, 1.807) is 0 Å². The lowest BCUT2D eigenvalue weighted by Crippen LogP contribution is -1.82. The number of fused-ring (bicyclic) bond motifs is 2. The molecule has 0 nitrogen and oxygen atoms in total. The van der Waals surface area contributed by atoms with Gasteiger partial charge in [-0.05, 0) is 33.2 Å². The summed E-state index contributed by atoms with van der Waals surface area (Å²) in [6.07, 6.45) is 5.95. The molecule has 0 amide bonds. The van der Waals surface area contributed by atoms with E-state index in [9.17, 15) is 0 Å². The SMILES string of the molecule is C=C/C=C/c1c2ccccc2cc2ccccc12. The van der Waals surface area contributed by atoms with Crippen LogP contribution in [0.4, 0.5) is 0 Å². The molecule has 0 unspecified atom stereocenters. The predicted molar refractivity (Wildman–Crippen MR) is 80.7 cm³/mol. The summed E-state index contributed by atoms with van der Waals surface area (Å²) in [5.74, 6) is 0. The van der Waals surface area contributed by atoms with Gasteiger partial charge in [0.25, 0.3) is 0 Å². The van der Waals surface area contributed by atoms with Crippen molar-refractivity contribution < 1.29 is 0 Å². The van der Waals surface area contributed by atoms with Gasteiger partial charge in [0.2, 0.25) is 0 Å². The Labute approximate surface area is 107 Å². The third kappa shape index (κ3) is 1.72. The molecule has 86 valence electrons. The third-order valence-corrected chi connectivity index (χ3v) is 3.21. The summed E-state index contributed by atoms with van der Waals surface area (Å²) in [7, 11) is 0. The number of hydrogen-bond donors (Lipinski definition) is 0. The first-order valence-electron chi connectivity index (χ1n) is 6.10. The zero-order valence-electron chi connectivity index (χ0n) is 10.1. The zero-order valence-corrected chi connectivity index (χ0v) is 10.1. The summed E-state index contributed by atoms with van der Waals surface area (Å²) in [5, 5.41) is 5.13. The summed E-state index contributed by atoms with van der Waals surface area (Å²) in [6.45, 7) is 3.75. The van der Waals surface area contributed by atoms with Gasteiger partial charge in [0, 0.05) is 0 Å². The van der Waals surface area contributed by atoms with Gasteiger partial charge in [-0.2, -0.15) is 0 Å². The molecule has 0 radical (unpaired) electrons. The Hall–Kier alpha value is -2.34. The first-order chi connectivity index (χ1) is 8.90. The van der Waals surface area contributed by atoms with Gasteiger partial charge in [-0.25, -0.2) is 0 Å². The monoisotopic (exact) mass is 230 g/mol. The van der Waals surface area contributed by atoms with Crippen molar-refractivity contribution >= 4 is 27.6 Å². The van der Waals surface area contributed by atoms with Crippen molar-refractivity contribution in [2.75, 3.05) is 0 Å². The van der Waals surface area contributed by atoms with Crippen LogP contribution in [0.5, 0.6) is 0 Å². The topological polar surface area (TPSA) is 0 Å². The van der Waals surface area contributed by atoms with E-state index in [-0.39, 0.29) is 0 Å². The van der Waals surface area contributed by atoms with Gasteiger partial charge in [-0.3, -0.25) is 0 Å². The summed E-state index contributed by atoms with van der Waals surface area (Å²) in [4.78, 5) is 0. The van der Waals surface area contributed by atoms with Crippen LogP contribution in [0.2, 0.25) is 0 Å². The molecule has 0 aromatic heterocycles. The van der Waals surface area contributed by atoms with Crippen LogP contribution in [-0.4, -0.2) is 0 Å². The van der Waals surface area contributed by atoms with E-state index in [0.717, 1.165) is 0 Å². The van der Waals surface area contributed by atoms with Crippen LogP contribution in [0.3, 0.4) is 0 Å². The van der Waals surface area contributed by atoms with Gasteiger partial charge >= 0.3 is 0 Å². The first-order valence-corrected chi connectivity index (χ1v) is 6.10. The van der Waals surface area contributed by atoms with Gasteiger partial charge in [0.05, 0.1) is 0 Å². The number of hydrogen-bond acceptors (Lipinski definition) is 0. The number of benzene rings is 3. The zero-order chi connectivity index (χ0) is 12.4. The first kappa shape index (κ1) is 10.8. The van der Waals surface area contributed by atoms with Gasteiger partial charge in [0.15, 0.2) is 0 Å². The van der Waals surface area contributed by atoms with Crippen LogP contribution in [0, 0.1) is 0 Å². The molecule has 0 heterocycles. The van der Waals surface area contributed by atoms with Crippen LogP contribution in [-0.2, 0) is 0 Å². The Morgan fingerprint density at radius 3 is 1.89 bits per heavy atom. The standard InChI is InChI=1S/C18H14/c1-2-3-10-18-16-11-6-4-8-14(16)13-15-9-5-7-12-17(15)18/h2-13H,1H2/b10-3+. The Kier molecular flexibility index (Phi) is 2.70. The summed E-state index contributed by atoms with van der Waals surface area (Å²) in [5.41, 5.74) is 1.27. The van der Waals surface area contributed by atoms with Crippen LogP contribution in [0.15, 0.2) is 73.3 Å². The second-order valence-corrected chi connectivity index (χ2v) is 4.33. The highest BCUT2D eigenvalue weighted by atomic mass is 14.1. The summed E-state index contributed by atoms with van der Waals surface area (Å²) >= 11 is 0. The average Bonchev–Trinajstić information content (AvgIpc) is 2.43. The fraction of sp³-hybridized carbons (Fsp3) is 0. The minimum Gasteiger partial charge on any atom is -0.0991 e. The summed E-state index contributed by atoms with van der Waals surface area (Å²) in [6, 6.07) is 19.2. The Bertz CT molecular complexity index is 694. The van der Waals surface area contributed by atoms with Crippen molar-refractivity contribution in [1.29, 1.82) is 0 Å². The minimum atomic E-state index is 1.27. The van der Waals surface area contributed by atoms with E-state index in [0.29, 0.717) is 0 Å². The van der Waals surface area contributed by atoms with E-state index >= 15 is 0 Å². The molecule has 3 aromatic rings. The Balaban J connectivity index is 2.49. The molecule has 0 bridgehead atoms. The molecular formula is C18H14. The maximum atomic E-state index is 3.75. The van der Waals surface area contributed by atoms with Gasteiger partial charge in [-0.15, -0.1) is 0 Å². The van der Waals surface area contributed by atoms with Crippen molar-refractivity contribution in [3.63, 3.8) is 0 Å². The molecular weight excluding hydrogens is 216 g/mol. The molecule has 0 atom stereocenters. The largest absolute Gasteiger partial charge is 0.0991 e. The van der Waals surface area contributed by atoms with E-state index in [1.807, 2.05) is 12.2 Å². The number of allylic oxidation sites excluding steroid dienone is 2. The second-order valence-electron chi connectivity index (χ2n) is 4.33. The fourth-order valence-electron chi connectivity index (χ4n) is 2.39. The van der Waals surface area contributed by atoms with Gasteiger partial charge < -0.3 is 0 Å².